The molecule has 0 aliphatic carbocycles. The number of anilines is 1. The van der Waals surface area contributed by atoms with E-state index < -0.39 is 6.04 Å². The number of carbonyl (C=O) groups is 1. The van der Waals surface area contributed by atoms with Gasteiger partial charge in [0.25, 0.3) is 0 Å². The number of rotatable bonds is 4. The summed E-state index contributed by atoms with van der Waals surface area (Å²) in [7, 11) is 0. The Morgan fingerprint density at radius 1 is 1.19 bits per heavy atom. The van der Waals surface area contributed by atoms with Crippen LogP contribution in [0.2, 0.25) is 0 Å². The zero-order chi connectivity index (χ0) is 15.4. The first-order chi connectivity index (χ1) is 9.94. The minimum absolute atomic E-state index is 0.201. The standard InChI is InChI=1S/C15H18N4OS/c1-9-8-10(2)18-15(17-9)21-13-6-4-12(5-7-13)19-14(20)11(3)16/h4-8,11H,16H2,1-3H3,(H,19,20)/t11-/m0/s1. The average molecular weight is 302 g/mol. The lowest BCUT2D eigenvalue weighted by Crippen LogP contribution is -2.32. The molecule has 0 saturated carbocycles. The van der Waals surface area contributed by atoms with Crippen molar-refractivity contribution in [1.29, 1.82) is 0 Å². The third kappa shape index (κ3) is 4.54. The normalized spacial score (nSPS) is 12.0. The van der Waals surface area contributed by atoms with Gasteiger partial charge in [-0.05, 0) is 62.9 Å². The monoisotopic (exact) mass is 302 g/mol. The molecule has 1 atom stereocenters. The van der Waals surface area contributed by atoms with Crippen molar-refractivity contribution in [2.45, 2.75) is 36.9 Å². The molecule has 1 heterocycles. The molecule has 0 aliphatic heterocycles. The lowest BCUT2D eigenvalue weighted by Gasteiger charge is -2.08. The van der Waals surface area contributed by atoms with Crippen LogP contribution in [-0.4, -0.2) is 21.9 Å². The fraction of sp³-hybridized carbons (Fsp3) is 0.267. The van der Waals surface area contributed by atoms with E-state index in [2.05, 4.69) is 15.3 Å². The molecule has 2 rings (SSSR count). The summed E-state index contributed by atoms with van der Waals surface area (Å²) in [4.78, 5) is 21.3. The number of hydrogen-bond acceptors (Lipinski definition) is 5. The molecule has 1 amide bonds. The van der Waals surface area contributed by atoms with E-state index in [1.807, 2.05) is 44.2 Å². The Hall–Kier alpha value is -1.92. The largest absolute Gasteiger partial charge is 0.325 e. The molecule has 5 nitrogen and oxygen atoms in total. The van der Waals surface area contributed by atoms with Gasteiger partial charge in [0.1, 0.15) is 0 Å². The number of aryl methyl sites for hydroxylation is 2. The van der Waals surface area contributed by atoms with E-state index in [1.165, 1.54) is 11.8 Å². The number of benzene rings is 1. The van der Waals surface area contributed by atoms with Gasteiger partial charge in [0, 0.05) is 22.0 Å². The zero-order valence-electron chi connectivity index (χ0n) is 12.3. The van der Waals surface area contributed by atoms with E-state index in [1.54, 1.807) is 6.92 Å². The number of aromatic nitrogens is 2. The van der Waals surface area contributed by atoms with Gasteiger partial charge in [-0.3, -0.25) is 4.79 Å². The Balaban J connectivity index is 2.07. The third-order valence-electron chi connectivity index (χ3n) is 2.71. The second-order valence-corrected chi connectivity index (χ2v) is 5.88. The molecule has 0 radical (unpaired) electrons. The van der Waals surface area contributed by atoms with Crippen LogP contribution in [0.25, 0.3) is 0 Å². The number of nitrogens with two attached hydrogens (primary N) is 1. The molecule has 0 aliphatic rings. The average Bonchev–Trinajstić information content (AvgIpc) is 2.39. The van der Waals surface area contributed by atoms with Crippen LogP contribution in [0, 0.1) is 13.8 Å². The number of hydrogen-bond donors (Lipinski definition) is 2. The van der Waals surface area contributed by atoms with Gasteiger partial charge in [0.2, 0.25) is 5.91 Å². The molecule has 6 heteroatoms. The second kappa shape index (κ2) is 6.69. The summed E-state index contributed by atoms with van der Waals surface area (Å²) in [6, 6.07) is 8.93. The lowest BCUT2D eigenvalue weighted by atomic mass is 10.3. The van der Waals surface area contributed by atoms with Crippen LogP contribution in [0.4, 0.5) is 5.69 Å². The van der Waals surface area contributed by atoms with Crippen molar-refractivity contribution in [2.24, 2.45) is 5.73 Å². The van der Waals surface area contributed by atoms with Crippen LogP contribution in [0.1, 0.15) is 18.3 Å². The van der Waals surface area contributed by atoms with E-state index in [0.717, 1.165) is 27.1 Å². The Labute approximate surface area is 128 Å². The number of carbonyl (C=O) groups excluding carboxylic acids is 1. The van der Waals surface area contributed by atoms with Gasteiger partial charge >= 0.3 is 0 Å². The zero-order valence-corrected chi connectivity index (χ0v) is 13.1. The van der Waals surface area contributed by atoms with Crippen LogP contribution < -0.4 is 11.1 Å². The highest BCUT2D eigenvalue weighted by molar-refractivity contribution is 7.99. The van der Waals surface area contributed by atoms with Crippen LogP contribution >= 0.6 is 11.8 Å². The summed E-state index contributed by atoms with van der Waals surface area (Å²) in [5, 5.41) is 3.47. The van der Waals surface area contributed by atoms with Crippen molar-refractivity contribution in [3.8, 4) is 0 Å². The predicted molar refractivity (Wildman–Crippen MR) is 84.4 cm³/mol. The molecule has 0 unspecified atom stereocenters. The highest BCUT2D eigenvalue weighted by atomic mass is 32.2. The Morgan fingerprint density at radius 3 is 2.29 bits per heavy atom. The lowest BCUT2D eigenvalue weighted by molar-refractivity contribution is -0.117. The summed E-state index contributed by atoms with van der Waals surface area (Å²) >= 11 is 1.49. The number of nitrogens with zero attached hydrogens (tertiary/aromatic N) is 2. The van der Waals surface area contributed by atoms with Crippen LogP contribution in [0.5, 0.6) is 0 Å². The van der Waals surface area contributed by atoms with E-state index >= 15 is 0 Å². The maximum Gasteiger partial charge on any atom is 0.240 e. The third-order valence-corrected chi connectivity index (χ3v) is 3.58. The quantitative estimate of drug-likeness (QED) is 0.848. The first kappa shape index (κ1) is 15.5. The van der Waals surface area contributed by atoms with E-state index in [4.69, 9.17) is 5.73 Å². The van der Waals surface area contributed by atoms with Gasteiger partial charge in [-0.15, -0.1) is 0 Å². The minimum Gasteiger partial charge on any atom is -0.325 e. The molecular formula is C15H18N4OS. The molecule has 21 heavy (non-hydrogen) atoms. The van der Waals surface area contributed by atoms with Gasteiger partial charge in [-0.2, -0.15) is 0 Å². The molecule has 3 N–H and O–H groups in total. The van der Waals surface area contributed by atoms with Gasteiger partial charge in [0.05, 0.1) is 6.04 Å². The summed E-state index contributed by atoms with van der Waals surface area (Å²) in [6.07, 6.45) is 0. The Bertz CT molecular complexity index is 620. The van der Waals surface area contributed by atoms with Crippen LogP contribution in [-0.2, 0) is 4.79 Å². The van der Waals surface area contributed by atoms with Crippen LogP contribution in [0.15, 0.2) is 40.4 Å². The fourth-order valence-corrected chi connectivity index (χ4v) is 2.57. The van der Waals surface area contributed by atoms with E-state index in [0.29, 0.717) is 0 Å². The minimum atomic E-state index is -0.525. The first-order valence-electron chi connectivity index (χ1n) is 6.60. The summed E-state index contributed by atoms with van der Waals surface area (Å²) in [5.41, 5.74) is 8.14. The number of amides is 1. The molecule has 0 bridgehead atoms. The summed E-state index contributed by atoms with van der Waals surface area (Å²) < 4.78 is 0. The second-order valence-electron chi connectivity index (χ2n) is 4.84. The predicted octanol–water partition coefficient (Wildman–Crippen LogP) is 2.53. The highest BCUT2D eigenvalue weighted by Crippen LogP contribution is 2.26. The van der Waals surface area contributed by atoms with E-state index in [9.17, 15) is 4.79 Å². The topological polar surface area (TPSA) is 80.9 Å². The van der Waals surface area contributed by atoms with Crippen molar-refractivity contribution < 1.29 is 4.79 Å². The van der Waals surface area contributed by atoms with Gasteiger partial charge in [0.15, 0.2) is 5.16 Å². The Morgan fingerprint density at radius 2 is 1.76 bits per heavy atom. The van der Waals surface area contributed by atoms with Crippen molar-refractivity contribution in [1.82, 2.24) is 9.97 Å². The van der Waals surface area contributed by atoms with E-state index in [-0.39, 0.29) is 5.91 Å². The molecule has 0 spiro atoms. The molecule has 2 aromatic rings. The molecular weight excluding hydrogens is 284 g/mol. The molecule has 0 fully saturated rings. The van der Waals surface area contributed by atoms with Crippen molar-refractivity contribution >= 4 is 23.4 Å². The molecule has 110 valence electrons. The van der Waals surface area contributed by atoms with Gasteiger partial charge < -0.3 is 11.1 Å². The molecule has 1 aromatic carbocycles. The maximum absolute atomic E-state index is 11.5. The highest BCUT2D eigenvalue weighted by Gasteiger charge is 2.08. The SMILES string of the molecule is Cc1cc(C)nc(Sc2ccc(NC(=O)[C@H](C)N)cc2)n1. The maximum atomic E-state index is 11.5. The van der Waals surface area contributed by atoms with Gasteiger partial charge in [-0.25, -0.2) is 9.97 Å². The van der Waals surface area contributed by atoms with Gasteiger partial charge in [-0.1, -0.05) is 0 Å². The smallest absolute Gasteiger partial charge is 0.240 e. The summed E-state index contributed by atoms with van der Waals surface area (Å²) in [5.74, 6) is -0.201. The number of nitrogens with one attached hydrogen (secondary N) is 1. The Kier molecular flexibility index (Phi) is 4.93. The fourth-order valence-electron chi connectivity index (χ4n) is 1.71. The summed E-state index contributed by atoms with van der Waals surface area (Å²) in [6.45, 7) is 5.55. The van der Waals surface area contributed by atoms with Crippen molar-refractivity contribution in [3.05, 3.63) is 41.7 Å². The van der Waals surface area contributed by atoms with Crippen molar-refractivity contribution in [3.63, 3.8) is 0 Å². The molecule has 0 saturated heterocycles. The molecule has 1 aromatic heterocycles. The first-order valence-corrected chi connectivity index (χ1v) is 7.42. The van der Waals surface area contributed by atoms with Crippen molar-refractivity contribution in [2.75, 3.05) is 5.32 Å². The van der Waals surface area contributed by atoms with Crippen LogP contribution in [0.3, 0.4) is 0 Å².